The number of ether oxygens (including phenoxy) is 2. The molecular weight excluding hydrogens is 534 g/mol. The lowest BCUT2D eigenvalue weighted by Gasteiger charge is -2.37. The average molecular weight is 568 g/mol. The zero-order valence-corrected chi connectivity index (χ0v) is 23.7. The SMILES string of the molecule is CCOC(=O)c1sc(N2CC[C@@H](NC(=O)c3nc(Cl)c(CC)[nH]3)[C@@H](OC)C2)nc1C(=O)N1CCN(C)CC1. The minimum atomic E-state index is -0.553. The van der Waals surface area contributed by atoms with E-state index >= 15 is 0 Å². The number of hydrogen-bond donors (Lipinski definition) is 2. The molecule has 2 saturated heterocycles. The van der Waals surface area contributed by atoms with Crippen molar-refractivity contribution in [1.82, 2.24) is 30.1 Å². The average Bonchev–Trinajstić information content (AvgIpc) is 3.53. The smallest absolute Gasteiger partial charge is 0.350 e. The van der Waals surface area contributed by atoms with Gasteiger partial charge in [0.15, 0.2) is 21.8 Å². The van der Waals surface area contributed by atoms with Crippen LogP contribution >= 0.6 is 22.9 Å². The second kappa shape index (κ2) is 12.4. The molecule has 208 valence electrons. The number of H-pyrrole nitrogens is 1. The number of methoxy groups -OCH3 is 1. The van der Waals surface area contributed by atoms with Crippen molar-refractivity contribution in [1.29, 1.82) is 0 Å². The lowest BCUT2D eigenvalue weighted by molar-refractivity contribution is 0.0519. The van der Waals surface area contributed by atoms with E-state index in [0.29, 0.717) is 55.0 Å². The van der Waals surface area contributed by atoms with Crippen molar-refractivity contribution in [2.24, 2.45) is 0 Å². The predicted octanol–water partition coefficient (Wildman–Crippen LogP) is 1.67. The molecule has 14 heteroatoms. The first-order valence-corrected chi connectivity index (χ1v) is 13.9. The first-order valence-electron chi connectivity index (χ1n) is 12.7. The number of rotatable bonds is 8. The van der Waals surface area contributed by atoms with Crippen molar-refractivity contribution in [3.8, 4) is 0 Å². The van der Waals surface area contributed by atoms with E-state index < -0.39 is 5.97 Å². The largest absolute Gasteiger partial charge is 0.462 e. The van der Waals surface area contributed by atoms with E-state index in [1.54, 1.807) is 18.9 Å². The van der Waals surface area contributed by atoms with Crippen LogP contribution in [0.5, 0.6) is 0 Å². The van der Waals surface area contributed by atoms with Gasteiger partial charge in [-0.05, 0) is 26.8 Å². The first kappa shape index (κ1) is 28.3. The number of thiazole rings is 1. The first-order chi connectivity index (χ1) is 18.2. The van der Waals surface area contributed by atoms with E-state index in [1.165, 1.54) is 0 Å². The summed E-state index contributed by atoms with van der Waals surface area (Å²) in [6.07, 6.45) is 0.851. The molecule has 12 nitrogen and oxygen atoms in total. The highest BCUT2D eigenvalue weighted by molar-refractivity contribution is 7.17. The van der Waals surface area contributed by atoms with Gasteiger partial charge in [0.2, 0.25) is 0 Å². The minimum Gasteiger partial charge on any atom is -0.462 e. The Morgan fingerprint density at radius 3 is 2.53 bits per heavy atom. The second-order valence-corrected chi connectivity index (χ2v) is 10.6. The van der Waals surface area contributed by atoms with E-state index in [4.69, 9.17) is 21.1 Å². The fourth-order valence-electron chi connectivity index (χ4n) is 4.54. The molecule has 0 radical (unpaired) electrons. The third-order valence-corrected chi connectivity index (χ3v) is 8.22. The number of aryl methyl sites for hydroxylation is 1. The molecule has 2 aromatic rings. The van der Waals surface area contributed by atoms with Crippen LogP contribution in [0.3, 0.4) is 0 Å². The maximum Gasteiger partial charge on any atom is 0.350 e. The molecule has 2 aromatic heterocycles. The Morgan fingerprint density at radius 1 is 1.16 bits per heavy atom. The second-order valence-electron chi connectivity index (χ2n) is 9.29. The summed E-state index contributed by atoms with van der Waals surface area (Å²) in [5.74, 6) is -1.01. The Kier molecular flexibility index (Phi) is 9.23. The molecule has 0 aliphatic carbocycles. The number of esters is 1. The van der Waals surface area contributed by atoms with Gasteiger partial charge in [0.25, 0.3) is 11.8 Å². The Hall–Kier alpha value is -2.74. The van der Waals surface area contributed by atoms with Gasteiger partial charge < -0.3 is 34.5 Å². The quantitative estimate of drug-likeness (QED) is 0.457. The zero-order valence-electron chi connectivity index (χ0n) is 22.1. The topological polar surface area (TPSA) is 133 Å². The van der Waals surface area contributed by atoms with Gasteiger partial charge in [0.05, 0.1) is 24.4 Å². The van der Waals surface area contributed by atoms with Crippen LogP contribution in [-0.2, 0) is 15.9 Å². The number of carbonyl (C=O) groups excluding carboxylic acids is 3. The molecular formula is C24H34ClN7O5S. The zero-order chi connectivity index (χ0) is 27.4. The van der Waals surface area contributed by atoms with Gasteiger partial charge in [-0.15, -0.1) is 0 Å². The van der Waals surface area contributed by atoms with Gasteiger partial charge in [0.1, 0.15) is 4.88 Å². The van der Waals surface area contributed by atoms with Crippen molar-refractivity contribution >= 4 is 45.9 Å². The third-order valence-electron chi connectivity index (χ3n) is 6.82. The van der Waals surface area contributed by atoms with Gasteiger partial charge >= 0.3 is 5.97 Å². The minimum absolute atomic E-state index is 0.124. The number of carbonyl (C=O) groups is 3. The number of piperidine rings is 1. The van der Waals surface area contributed by atoms with Crippen LogP contribution in [0.25, 0.3) is 0 Å². The number of likely N-dealkylation sites (N-methyl/N-ethyl adjacent to an activating group) is 1. The number of halogens is 1. The van der Waals surface area contributed by atoms with E-state index in [2.05, 4.69) is 25.2 Å². The van der Waals surface area contributed by atoms with Crippen LogP contribution in [0.2, 0.25) is 5.15 Å². The number of aromatic nitrogens is 3. The summed E-state index contributed by atoms with van der Waals surface area (Å²) in [5, 5.41) is 3.83. The summed E-state index contributed by atoms with van der Waals surface area (Å²) in [6.45, 7) is 7.47. The highest BCUT2D eigenvalue weighted by Crippen LogP contribution is 2.31. The van der Waals surface area contributed by atoms with Crippen molar-refractivity contribution in [3.05, 3.63) is 27.2 Å². The summed E-state index contributed by atoms with van der Waals surface area (Å²) >= 11 is 7.24. The highest BCUT2D eigenvalue weighted by Gasteiger charge is 2.35. The lowest BCUT2D eigenvalue weighted by Crippen LogP contribution is -2.55. The summed E-state index contributed by atoms with van der Waals surface area (Å²) < 4.78 is 10.9. The molecule has 4 rings (SSSR count). The summed E-state index contributed by atoms with van der Waals surface area (Å²) in [7, 11) is 3.60. The van der Waals surface area contributed by atoms with Gasteiger partial charge in [-0.3, -0.25) is 9.59 Å². The Labute approximate surface area is 230 Å². The molecule has 0 aromatic carbocycles. The molecule has 38 heavy (non-hydrogen) atoms. The Morgan fingerprint density at radius 2 is 1.89 bits per heavy atom. The molecule has 0 spiro atoms. The molecule has 2 amide bonds. The Balaban J connectivity index is 1.49. The monoisotopic (exact) mass is 567 g/mol. The van der Waals surface area contributed by atoms with E-state index in [0.717, 1.165) is 24.4 Å². The van der Waals surface area contributed by atoms with E-state index in [-0.39, 0.29) is 47.0 Å². The summed E-state index contributed by atoms with van der Waals surface area (Å²) in [5.41, 5.74) is 0.830. The number of amides is 2. The molecule has 0 bridgehead atoms. The molecule has 0 unspecified atom stereocenters. The highest BCUT2D eigenvalue weighted by atomic mass is 35.5. The van der Waals surface area contributed by atoms with Gasteiger partial charge in [-0.2, -0.15) is 0 Å². The molecule has 2 fully saturated rings. The normalized spacial score (nSPS) is 20.4. The molecule has 2 atom stereocenters. The number of aromatic amines is 1. The predicted molar refractivity (Wildman–Crippen MR) is 143 cm³/mol. The van der Waals surface area contributed by atoms with Crippen molar-refractivity contribution in [2.45, 2.75) is 38.8 Å². The summed E-state index contributed by atoms with van der Waals surface area (Å²) in [4.78, 5) is 56.6. The maximum absolute atomic E-state index is 13.3. The Bertz CT molecular complexity index is 1160. The third kappa shape index (κ3) is 6.11. The number of anilines is 1. The maximum atomic E-state index is 13.3. The number of imidazole rings is 1. The van der Waals surface area contributed by atoms with Crippen LogP contribution in [0.1, 0.15) is 56.7 Å². The number of piperazine rings is 1. The van der Waals surface area contributed by atoms with Crippen LogP contribution in [0, 0.1) is 0 Å². The lowest BCUT2D eigenvalue weighted by atomic mass is 10.0. The molecule has 4 heterocycles. The van der Waals surface area contributed by atoms with E-state index in [9.17, 15) is 14.4 Å². The van der Waals surface area contributed by atoms with Crippen molar-refractivity contribution < 1.29 is 23.9 Å². The number of nitrogens with one attached hydrogen (secondary N) is 2. The molecule has 2 aliphatic heterocycles. The van der Waals surface area contributed by atoms with Crippen LogP contribution in [0.15, 0.2) is 0 Å². The fourth-order valence-corrected chi connectivity index (χ4v) is 5.80. The van der Waals surface area contributed by atoms with Gasteiger partial charge in [-0.25, -0.2) is 14.8 Å². The number of hydrogen-bond acceptors (Lipinski definition) is 10. The van der Waals surface area contributed by atoms with Crippen molar-refractivity contribution in [3.63, 3.8) is 0 Å². The fraction of sp³-hybridized carbons (Fsp3) is 0.625. The van der Waals surface area contributed by atoms with Crippen LogP contribution < -0.4 is 10.2 Å². The van der Waals surface area contributed by atoms with Crippen molar-refractivity contribution in [2.75, 3.05) is 64.9 Å². The molecule has 2 aliphatic rings. The standard InChI is InChI=1S/C24H34ClN7O5S/c1-5-14-19(25)29-20(26-14)21(33)27-15-7-8-32(13-16(15)36-4)24-28-17(18(38-24)23(35)37-6-2)22(34)31-11-9-30(3)10-12-31/h15-16H,5-13H2,1-4H3,(H,26,29)(H,27,33)/t15-,16+/m1/s1. The molecule has 0 saturated carbocycles. The van der Waals surface area contributed by atoms with Gasteiger partial charge in [-0.1, -0.05) is 29.9 Å². The van der Waals surface area contributed by atoms with Gasteiger partial charge in [0, 0.05) is 46.4 Å². The van der Waals surface area contributed by atoms with Crippen LogP contribution in [0.4, 0.5) is 5.13 Å². The number of nitrogens with zero attached hydrogens (tertiary/aromatic N) is 5. The summed E-state index contributed by atoms with van der Waals surface area (Å²) in [6, 6.07) is -0.270. The van der Waals surface area contributed by atoms with E-state index in [1.807, 2.05) is 18.9 Å². The molecule has 2 N–H and O–H groups in total. The van der Waals surface area contributed by atoms with Crippen LogP contribution in [-0.4, -0.2) is 115 Å².